The summed E-state index contributed by atoms with van der Waals surface area (Å²) in [7, 11) is 0. The molecule has 0 atom stereocenters. The summed E-state index contributed by atoms with van der Waals surface area (Å²) >= 11 is 3.48. The van der Waals surface area contributed by atoms with Gasteiger partial charge >= 0.3 is 0 Å². The van der Waals surface area contributed by atoms with Crippen LogP contribution >= 0.6 is 15.9 Å². The van der Waals surface area contributed by atoms with Crippen molar-refractivity contribution in [3.63, 3.8) is 0 Å². The molecule has 0 saturated heterocycles. The highest BCUT2D eigenvalue weighted by atomic mass is 79.9. The van der Waals surface area contributed by atoms with E-state index in [1.165, 1.54) is 5.57 Å². The minimum atomic E-state index is 0.676. The molecule has 0 spiro atoms. The molecule has 60 valence electrons. The molecule has 0 radical (unpaired) electrons. The summed E-state index contributed by atoms with van der Waals surface area (Å²) in [6, 6.07) is 0. The number of hydrogen-bond donors (Lipinski definition) is 0. The van der Waals surface area contributed by atoms with Gasteiger partial charge in [0.2, 0.25) is 0 Å². The predicted molar refractivity (Wildman–Crippen MR) is 51.6 cm³/mol. The summed E-state index contributed by atoms with van der Waals surface area (Å²) in [5.41, 5.74) is 1.51. The molecule has 0 N–H and O–H groups in total. The fourth-order valence-electron chi connectivity index (χ4n) is 0.819. The lowest BCUT2D eigenvalue weighted by molar-refractivity contribution is 0.735. The zero-order valence-electron chi connectivity index (χ0n) is 7.32. The SMILES string of the molecule is CC(C)C=C(CBr)C(C)C. The predicted octanol–water partition coefficient (Wildman–Crippen LogP) is 3.62. The molecule has 0 aromatic carbocycles. The van der Waals surface area contributed by atoms with E-state index in [4.69, 9.17) is 0 Å². The Morgan fingerprint density at radius 1 is 1.30 bits per heavy atom. The molecule has 10 heavy (non-hydrogen) atoms. The van der Waals surface area contributed by atoms with Crippen LogP contribution in [0.3, 0.4) is 0 Å². The molecule has 0 aliphatic heterocycles. The molecule has 0 rings (SSSR count). The molecule has 0 aliphatic rings. The van der Waals surface area contributed by atoms with Gasteiger partial charge in [-0.15, -0.1) is 0 Å². The van der Waals surface area contributed by atoms with Gasteiger partial charge in [-0.3, -0.25) is 0 Å². The maximum atomic E-state index is 3.48. The second-order valence-corrected chi connectivity index (χ2v) is 3.83. The molecule has 1 heteroatoms. The van der Waals surface area contributed by atoms with Gasteiger partial charge in [-0.2, -0.15) is 0 Å². The van der Waals surface area contributed by atoms with Crippen LogP contribution in [0.2, 0.25) is 0 Å². The van der Waals surface area contributed by atoms with E-state index >= 15 is 0 Å². The zero-order valence-corrected chi connectivity index (χ0v) is 8.90. The molecular formula is C9H17Br. The quantitative estimate of drug-likeness (QED) is 0.487. The van der Waals surface area contributed by atoms with Gasteiger partial charge in [0.1, 0.15) is 0 Å². The summed E-state index contributed by atoms with van der Waals surface area (Å²) in [4.78, 5) is 0. The van der Waals surface area contributed by atoms with Crippen molar-refractivity contribution in [3.8, 4) is 0 Å². The van der Waals surface area contributed by atoms with Gasteiger partial charge in [0, 0.05) is 5.33 Å². The molecule has 0 saturated carbocycles. The van der Waals surface area contributed by atoms with E-state index in [0.29, 0.717) is 11.8 Å². The third-order valence-electron chi connectivity index (χ3n) is 1.44. The fourth-order valence-corrected chi connectivity index (χ4v) is 1.65. The lowest BCUT2D eigenvalue weighted by Gasteiger charge is -2.08. The van der Waals surface area contributed by atoms with Crippen LogP contribution in [0.5, 0.6) is 0 Å². The maximum Gasteiger partial charge on any atom is 0.0244 e. The Labute approximate surface area is 72.8 Å². The van der Waals surface area contributed by atoms with Gasteiger partial charge in [-0.05, 0) is 11.8 Å². The van der Waals surface area contributed by atoms with Crippen molar-refractivity contribution >= 4 is 15.9 Å². The highest BCUT2D eigenvalue weighted by Crippen LogP contribution is 2.14. The minimum absolute atomic E-state index is 0.676. The van der Waals surface area contributed by atoms with Crippen LogP contribution in [0.15, 0.2) is 11.6 Å². The lowest BCUT2D eigenvalue weighted by atomic mass is 10.0. The summed E-state index contributed by atoms with van der Waals surface area (Å²) in [6.45, 7) is 8.89. The summed E-state index contributed by atoms with van der Waals surface area (Å²) in [5, 5.41) is 1.02. The Morgan fingerprint density at radius 3 is 1.90 bits per heavy atom. The summed E-state index contributed by atoms with van der Waals surface area (Å²) in [5.74, 6) is 1.36. The van der Waals surface area contributed by atoms with Gasteiger partial charge in [0.15, 0.2) is 0 Å². The van der Waals surface area contributed by atoms with Gasteiger partial charge in [0.05, 0.1) is 0 Å². The summed E-state index contributed by atoms with van der Waals surface area (Å²) in [6.07, 6.45) is 2.33. The molecule has 0 heterocycles. The van der Waals surface area contributed by atoms with Crippen molar-refractivity contribution in [1.82, 2.24) is 0 Å². The third-order valence-corrected chi connectivity index (χ3v) is 2.09. The van der Waals surface area contributed by atoms with Gasteiger partial charge in [-0.25, -0.2) is 0 Å². The van der Waals surface area contributed by atoms with Crippen LogP contribution in [-0.4, -0.2) is 5.33 Å². The van der Waals surface area contributed by atoms with E-state index in [-0.39, 0.29) is 0 Å². The van der Waals surface area contributed by atoms with Crippen LogP contribution in [0.25, 0.3) is 0 Å². The molecule has 0 aromatic heterocycles. The number of halogens is 1. The molecule has 0 nitrogen and oxygen atoms in total. The minimum Gasteiger partial charge on any atom is -0.0880 e. The van der Waals surface area contributed by atoms with Crippen LogP contribution < -0.4 is 0 Å². The molecule has 0 fully saturated rings. The third kappa shape index (κ3) is 4.10. The highest BCUT2D eigenvalue weighted by Gasteiger charge is 2.00. The van der Waals surface area contributed by atoms with Crippen molar-refractivity contribution in [1.29, 1.82) is 0 Å². The number of rotatable bonds is 3. The highest BCUT2D eigenvalue weighted by molar-refractivity contribution is 9.09. The Balaban J connectivity index is 4.04. The first-order chi connectivity index (χ1) is 4.57. The Hall–Kier alpha value is 0.220. The second-order valence-electron chi connectivity index (χ2n) is 3.27. The molecule has 0 unspecified atom stereocenters. The van der Waals surface area contributed by atoms with Crippen molar-refractivity contribution < 1.29 is 0 Å². The van der Waals surface area contributed by atoms with Crippen molar-refractivity contribution in [3.05, 3.63) is 11.6 Å². The van der Waals surface area contributed by atoms with Gasteiger partial charge in [-0.1, -0.05) is 55.3 Å². The van der Waals surface area contributed by atoms with Crippen LogP contribution in [-0.2, 0) is 0 Å². The average molecular weight is 205 g/mol. The van der Waals surface area contributed by atoms with E-state index in [1.807, 2.05) is 0 Å². The molecular weight excluding hydrogens is 188 g/mol. The Bertz CT molecular complexity index is 112. The number of alkyl halides is 1. The monoisotopic (exact) mass is 204 g/mol. The van der Waals surface area contributed by atoms with E-state index in [1.54, 1.807) is 0 Å². The van der Waals surface area contributed by atoms with Crippen molar-refractivity contribution in [2.24, 2.45) is 11.8 Å². The van der Waals surface area contributed by atoms with Crippen LogP contribution in [0, 0.1) is 11.8 Å². The molecule has 0 aromatic rings. The lowest BCUT2D eigenvalue weighted by Crippen LogP contribution is -1.97. The van der Waals surface area contributed by atoms with Crippen molar-refractivity contribution in [2.75, 3.05) is 5.33 Å². The Kier molecular flexibility index (Phi) is 5.06. The number of allylic oxidation sites excluding steroid dienone is 2. The molecule has 0 amide bonds. The maximum absolute atomic E-state index is 3.48. The zero-order chi connectivity index (χ0) is 8.15. The van der Waals surface area contributed by atoms with Crippen LogP contribution in [0.4, 0.5) is 0 Å². The normalized spacial score (nSPS) is 13.3. The Morgan fingerprint density at radius 2 is 1.80 bits per heavy atom. The van der Waals surface area contributed by atoms with E-state index in [2.05, 4.69) is 49.7 Å². The van der Waals surface area contributed by atoms with E-state index in [0.717, 1.165) is 5.33 Å². The number of hydrogen-bond acceptors (Lipinski definition) is 0. The summed E-state index contributed by atoms with van der Waals surface area (Å²) < 4.78 is 0. The van der Waals surface area contributed by atoms with Crippen LogP contribution in [0.1, 0.15) is 27.7 Å². The van der Waals surface area contributed by atoms with Gasteiger partial charge < -0.3 is 0 Å². The smallest absolute Gasteiger partial charge is 0.0244 e. The van der Waals surface area contributed by atoms with E-state index < -0.39 is 0 Å². The van der Waals surface area contributed by atoms with Crippen molar-refractivity contribution in [2.45, 2.75) is 27.7 Å². The largest absolute Gasteiger partial charge is 0.0880 e. The first kappa shape index (κ1) is 10.2. The van der Waals surface area contributed by atoms with Gasteiger partial charge in [0.25, 0.3) is 0 Å². The standard InChI is InChI=1S/C9H17Br/c1-7(2)5-9(6-10)8(3)4/h5,7-8H,6H2,1-4H3. The topological polar surface area (TPSA) is 0 Å². The fraction of sp³-hybridized carbons (Fsp3) is 0.778. The average Bonchev–Trinajstić information content (AvgIpc) is 1.81. The second kappa shape index (κ2) is 4.95. The first-order valence-corrected chi connectivity index (χ1v) is 4.96. The van der Waals surface area contributed by atoms with E-state index in [9.17, 15) is 0 Å². The molecule has 0 aliphatic carbocycles. The molecule has 0 bridgehead atoms. The first-order valence-electron chi connectivity index (χ1n) is 3.84.